The SMILES string of the molecule is COc1ccc2c(c1)[C@@]1(OCCC=C[C@@H]1C)C(=O)N2Cc1ccc(Br)cc1. The van der Waals surface area contributed by atoms with Gasteiger partial charge < -0.3 is 14.4 Å². The summed E-state index contributed by atoms with van der Waals surface area (Å²) in [6, 6.07) is 13.9. The molecule has 2 aromatic rings. The van der Waals surface area contributed by atoms with Crippen LogP contribution in [0.2, 0.25) is 0 Å². The van der Waals surface area contributed by atoms with Crippen molar-refractivity contribution < 1.29 is 14.3 Å². The lowest BCUT2D eigenvalue weighted by Crippen LogP contribution is -2.46. The molecule has 2 aliphatic heterocycles. The monoisotopic (exact) mass is 427 g/mol. The number of anilines is 1. The largest absolute Gasteiger partial charge is 0.497 e. The molecule has 1 spiro atoms. The molecule has 0 N–H and O–H groups in total. The Morgan fingerprint density at radius 1 is 1.26 bits per heavy atom. The summed E-state index contributed by atoms with van der Waals surface area (Å²) in [5, 5.41) is 0. The molecule has 0 saturated carbocycles. The zero-order chi connectivity index (χ0) is 19.0. The molecule has 0 unspecified atom stereocenters. The minimum Gasteiger partial charge on any atom is -0.497 e. The third-order valence-electron chi connectivity index (χ3n) is 5.39. The Balaban J connectivity index is 1.82. The van der Waals surface area contributed by atoms with E-state index in [0.29, 0.717) is 13.2 Å². The van der Waals surface area contributed by atoms with Crippen molar-refractivity contribution in [1.29, 1.82) is 0 Å². The Morgan fingerprint density at radius 2 is 2.04 bits per heavy atom. The van der Waals surface area contributed by atoms with E-state index in [9.17, 15) is 4.79 Å². The van der Waals surface area contributed by atoms with Gasteiger partial charge in [-0.1, -0.05) is 47.1 Å². The molecule has 140 valence electrons. The minimum absolute atomic E-state index is 0.00674. The number of rotatable bonds is 3. The van der Waals surface area contributed by atoms with E-state index in [2.05, 4.69) is 28.1 Å². The number of methoxy groups -OCH3 is 1. The van der Waals surface area contributed by atoms with Crippen molar-refractivity contribution in [3.8, 4) is 5.75 Å². The highest BCUT2D eigenvalue weighted by Crippen LogP contribution is 2.50. The first-order valence-electron chi connectivity index (χ1n) is 9.12. The van der Waals surface area contributed by atoms with Crippen LogP contribution in [0.5, 0.6) is 5.75 Å². The highest BCUT2D eigenvalue weighted by Gasteiger charge is 2.55. The number of benzene rings is 2. The maximum Gasteiger partial charge on any atom is 0.264 e. The number of ether oxygens (including phenoxy) is 2. The summed E-state index contributed by atoms with van der Waals surface area (Å²) in [5.41, 5.74) is 1.86. The van der Waals surface area contributed by atoms with Crippen LogP contribution in [0.4, 0.5) is 5.69 Å². The Hall–Kier alpha value is -2.11. The number of amides is 1. The van der Waals surface area contributed by atoms with Gasteiger partial charge in [0.15, 0.2) is 5.60 Å². The van der Waals surface area contributed by atoms with Gasteiger partial charge in [-0.25, -0.2) is 0 Å². The van der Waals surface area contributed by atoms with Crippen molar-refractivity contribution >= 4 is 27.5 Å². The smallest absolute Gasteiger partial charge is 0.264 e. The number of hydrogen-bond acceptors (Lipinski definition) is 3. The van der Waals surface area contributed by atoms with Crippen molar-refractivity contribution in [2.75, 3.05) is 18.6 Å². The van der Waals surface area contributed by atoms with Gasteiger partial charge in [0, 0.05) is 16.0 Å². The number of carbonyl (C=O) groups excluding carboxylic acids is 1. The molecule has 0 fully saturated rings. The van der Waals surface area contributed by atoms with Crippen LogP contribution in [-0.4, -0.2) is 19.6 Å². The fourth-order valence-electron chi connectivity index (χ4n) is 3.96. The van der Waals surface area contributed by atoms with Gasteiger partial charge >= 0.3 is 0 Å². The molecule has 0 aromatic heterocycles. The normalized spacial score (nSPS) is 24.2. The van der Waals surface area contributed by atoms with Crippen LogP contribution in [0.15, 0.2) is 59.1 Å². The predicted molar refractivity (Wildman–Crippen MR) is 109 cm³/mol. The van der Waals surface area contributed by atoms with E-state index in [0.717, 1.165) is 33.5 Å². The highest BCUT2D eigenvalue weighted by molar-refractivity contribution is 9.10. The van der Waals surface area contributed by atoms with Gasteiger partial charge in [0.2, 0.25) is 0 Å². The molecule has 2 aliphatic rings. The van der Waals surface area contributed by atoms with Crippen molar-refractivity contribution in [3.63, 3.8) is 0 Å². The fraction of sp³-hybridized carbons (Fsp3) is 0.318. The van der Waals surface area contributed by atoms with Gasteiger partial charge in [-0.2, -0.15) is 0 Å². The molecule has 5 heteroatoms. The second-order valence-corrected chi connectivity index (χ2v) is 7.91. The number of hydrogen-bond donors (Lipinski definition) is 0. The fourth-order valence-corrected chi connectivity index (χ4v) is 4.23. The number of nitrogens with zero attached hydrogens (tertiary/aromatic N) is 1. The first-order chi connectivity index (χ1) is 13.1. The molecular weight excluding hydrogens is 406 g/mol. The molecule has 1 amide bonds. The molecule has 0 radical (unpaired) electrons. The lowest BCUT2D eigenvalue weighted by Gasteiger charge is -2.32. The average Bonchev–Trinajstić information content (AvgIpc) is 2.80. The molecule has 2 aromatic carbocycles. The van der Waals surface area contributed by atoms with Crippen molar-refractivity contribution in [1.82, 2.24) is 0 Å². The Kier molecular flexibility index (Phi) is 4.82. The van der Waals surface area contributed by atoms with Crippen molar-refractivity contribution in [2.24, 2.45) is 5.92 Å². The second kappa shape index (κ2) is 7.13. The van der Waals surface area contributed by atoms with Crippen LogP contribution < -0.4 is 9.64 Å². The summed E-state index contributed by atoms with van der Waals surface area (Å²) < 4.78 is 12.7. The van der Waals surface area contributed by atoms with Gasteiger partial charge in [0.25, 0.3) is 5.91 Å². The van der Waals surface area contributed by atoms with Crippen LogP contribution in [0.3, 0.4) is 0 Å². The van der Waals surface area contributed by atoms with Gasteiger partial charge in [0.05, 0.1) is 25.9 Å². The molecule has 0 bridgehead atoms. The predicted octanol–water partition coefficient (Wildman–Crippen LogP) is 4.81. The second-order valence-electron chi connectivity index (χ2n) is 6.99. The molecule has 4 rings (SSSR count). The average molecular weight is 428 g/mol. The van der Waals surface area contributed by atoms with Crippen LogP contribution in [0.1, 0.15) is 24.5 Å². The maximum atomic E-state index is 13.7. The standard InChI is InChI=1S/C22H22BrNO3/c1-15-5-3-4-12-27-22(15)19-13-18(26-2)10-11-20(19)24(21(22)25)14-16-6-8-17(23)9-7-16/h3,5-11,13,15H,4,12,14H2,1-2H3/t15-,22+/m0/s1. The van der Waals surface area contributed by atoms with E-state index in [1.165, 1.54) is 0 Å². The van der Waals surface area contributed by atoms with E-state index in [1.54, 1.807) is 7.11 Å². The molecule has 0 saturated heterocycles. The lowest BCUT2D eigenvalue weighted by molar-refractivity contribution is -0.148. The van der Waals surface area contributed by atoms with E-state index in [1.807, 2.05) is 54.3 Å². The first-order valence-corrected chi connectivity index (χ1v) is 9.91. The van der Waals surface area contributed by atoms with Crippen LogP contribution in [-0.2, 0) is 21.7 Å². The summed E-state index contributed by atoms with van der Waals surface area (Å²) in [4.78, 5) is 15.5. The number of fused-ring (bicyclic) bond motifs is 2. The van der Waals surface area contributed by atoms with E-state index in [4.69, 9.17) is 9.47 Å². The summed E-state index contributed by atoms with van der Waals surface area (Å²) in [5.74, 6) is 0.663. The summed E-state index contributed by atoms with van der Waals surface area (Å²) >= 11 is 3.46. The van der Waals surface area contributed by atoms with E-state index >= 15 is 0 Å². The molecule has 27 heavy (non-hydrogen) atoms. The first kappa shape index (κ1) is 18.3. The van der Waals surface area contributed by atoms with Crippen LogP contribution in [0, 0.1) is 5.92 Å². The third-order valence-corrected chi connectivity index (χ3v) is 5.92. The van der Waals surface area contributed by atoms with Gasteiger partial charge in [-0.15, -0.1) is 0 Å². The van der Waals surface area contributed by atoms with Gasteiger partial charge in [0.1, 0.15) is 5.75 Å². The highest BCUT2D eigenvalue weighted by atomic mass is 79.9. The Bertz CT molecular complexity index is 893. The molecule has 2 atom stereocenters. The maximum absolute atomic E-state index is 13.7. The summed E-state index contributed by atoms with van der Waals surface area (Å²) in [6.45, 7) is 3.08. The van der Waals surface area contributed by atoms with Gasteiger partial charge in [-0.05, 0) is 42.3 Å². The molecule has 4 nitrogen and oxygen atoms in total. The molecule has 2 heterocycles. The quantitative estimate of drug-likeness (QED) is 0.659. The van der Waals surface area contributed by atoms with Crippen molar-refractivity contribution in [2.45, 2.75) is 25.5 Å². The zero-order valence-corrected chi connectivity index (χ0v) is 17.0. The van der Waals surface area contributed by atoms with Crippen molar-refractivity contribution in [3.05, 3.63) is 70.2 Å². The Labute approximate surface area is 167 Å². The third kappa shape index (κ3) is 2.99. The number of halogens is 1. The Morgan fingerprint density at radius 3 is 2.78 bits per heavy atom. The van der Waals surface area contributed by atoms with Crippen LogP contribution in [0.25, 0.3) is 0 Å². The van der Waals surface area contributed by atoms with E-state index < -0.39 is 5.60 Å². The van der Waals surface area contributed by atoms with Gasteiger partial charge in [-0.3, -0.25) is 4.79 Å². The molecular formula is C22H22BrNO3. The summed E-state index contributed by atoms with van der Waals surface area (Å²) in [7, 11) is 1.64. The lowest BCUT2D eigenvalue weighted by atomic mass is 9.83. The topological polar surface area (TPSA) is 38.8 Å². The summed E-state index contributed by atoms with van der Waals surface area (Å²) in [6.07, 6.45) is 5.01. The minimum atomic E-state index is -0.994. The number of carbonyl (C=O) groups is 1. The zero-order valence-electron chi connectivity index (χ0n) is 15.4. The molecule has 0 aliphatic carbocycles. The van der Waals surface area contributed by atoms with E-state index in [-0.39, 0.29) is 11.8 Å². The van der Waals surface area contributed by atoms with Crippen LogP contribution >= 0.6 is 15.9 Å².